The van der Waals surface area contributed by atoms with Gasteiger partial charge >= 0.3 is 5.97 Å². The Kier molecular flexibility index (Phi) is 5.92. The van der Waals surface area contributed by atoms with E-state index in [2.05, 4.69) is 15.9 Å². The minimum atomic E-state index is -0.833. The van der Waals surface area contributed by atoms with Gasteiger partial charge in [-0.05, 0) is 37.1 Å². The van der Waals surface area contributed by atoms with Gasteiger partial charge in [-0.2, -0.15) is 0 Å². The third kappa shape index (κ3) is 4.53. The number of rotatable bonds is 6. The molecule has 4 heteroatoms. The molecule has 3 nitrogen and oxygen atoms in total. The third-order valence-electron chi connectivity index (χ3n) is 2.41. The molecule has 1 aromatic rings. The Labute approximate surface area is 116 Å². The van der Waals surface area contributed by atoms with Crippen molar-refractivity contribution in [3.05, 3.63) is 34.3 Å². The fourth-order valence-electron chi connectivity index (χ4n) is 1.50. The van der Waals surface area contributed by atoms with Crippen LogP contribution < -0.4 is 4.74 Å². The van der Waals surface area contributed by atoms with Gasteiger partial charge < -0.3 is 9.84 Å². The summed E-state index contributed by atoms with van der Waals surface area (Å²) < 4.78 is 6.61. The summed E-state index contributed by atoms with van der Waals surface area (Å²) in [7, 11) is 0. The quantitative estimate of drug-likeness (QED) is 0.859. The van der Waals surface area contributed by atoms with Crippen LogP contribution in [0.4, 0.5) is 0 Å². The van der Waals surface area contributed by atoms with Gasteiger partial charge in [0, 0.05) is 10.0 Å². The monoisotopic (exact) mass is 312 g/mol. The van der Waals surface area contributed by atoms with Gasteiger partial charge in [0.2, 0.25) is 0 Å². The van der Waals surface area contributed by atoms with Gasteiger partial charge in [-0.3, -0.25) is 4.79 Å². The molecule has 0 atom stereocenters. The summed E-state index contributed by atoms with van der Waals surface area (Å²) >= 11 is 3.41. The number of allylic oxidation sites excluding steroid dienone is 1. The summed E-state index contributed by atoms with van der Waals surface area (Å²) in [5.41, 5.74) is 1.84. The van der Waals surface area contributed by atoms with Gasteiger partial charge in [-0.15, -0.1) is 0 Å². The molecule has 0 amide bonds. The van der Waals surface area contributed by atoms with E-state index in [9.17, 15) is 4.79 Å². The van der Waals surface area contributed by atoms with E-state index in [1.807, 2.05) is 32.0 Å². The maximum atomic E-state index is 10.6. The number of hydrogen-bond donors (Lipinski definition) is 1. The number of carboxylic acid groups (broad SMARTS) is 1. The predicted molar refractivity (Wildman–Crippen MR) is 75.8 cm³/mol. The molecule has 98 valence electrons. The van der Waals surface area contributed by atoms with Crippen LogP contribution in [0.15, 0.2) is 28.7 Å². The summed E-state index contributed by atoms with van der Waals surface area (Å²) in [5, 5.41) is 8.69. The number of carbonyl (C=O) groups is 1. The molecule has 0 aromatic heterocycles. The highest BCUT2D eigenvalue weighted by atomic mass is 79.9. The van der Waals surface area contributed by atoms with Gasteiger partial charge in [0.1, 0.15) is 5.75 Å². The number of benzene rings is 1. The first kappa shape index (κ1) is 14.8. The first-order valence-electron chi connectivity index (χ1n) is 5.86. The van der Waals surface area contributed by atoms with E-state index < -0.39 is 5.97 Å². The second kappa shape index (κ2) is 7.21. The van der Waals surface area contributed by atoms with E-state index in [1.165, 1.54) is 0 Å². The van der Waals surface area contributed by atoms with Crippen LogP contribution in [0.25, 0.3) is 5.57 Å². The molecular formula is C14H17BrO3. The summed E-state index contributed by atoms with van der Waals surface area (Å²) in [6.45, 7) is 4.59. The van der Waals surface area contributed by atoms with Gasteiger partial charge in [0.25, 0.3) is 0 Å². The highest BCUT2D eigenvalue weighted by molar-refractivity contribution is 9.10. The lowest BCUT2D eigenvalue weighted by atomic mass is 10.1. The number of aliphatic carboxylic acids is 1. The normalized spacial score (nSPS) is 11.4. The largest absolute Gasteiger partial charge is 0.493 e. The fourth-order valence-corrected chi connectivity index (χ4v) is 1.86. The number of ether oxygens (including phenoxy) is 1. The van der Waals surface area contributed by atoms with E-state index in [0.29, 0.717) is 6.61 Å². The second-order valence-electron chi connectivity index (χ2n) is 3.97. The molecule has 0 aliphatic rings. The Balaban J connectivity index is 3.00. The zero-order valence-electron chi connectivity index (χ0n) is 10.6. The summed E-state index contributed by atoms with van der Waals surface area (Å²) in [6.07, 6.45) is 2.65. The molecule has 0 fully saturated rings. The van der Waals surface area contributed by atoms with Crippen LogP contribution >= 0.6 is 15.9 Å². The van der Waals surface area contributed by atoms with Crippen molar-refractivity contribution in [3.8, 4) is 5.75 Å². The maximum absolute atomic E-state index is 10.6. The lowest BCUT2D eigenvalue weighted by molar-refractivity contribution is -0.135. The first-order chi connectivity index (χ1) is 8.54. The summed E-state index contributed by atoms with van der Waals surface area (Å²) in [5.74, 6) is -0.0421. The molecule has 0 aliphatic heterocycles. The molecule has 0 bridgehead atoms. The van der Waals surface area contributed by atoms with Crippen LogP contribution in [0.5, 0.6) is 5.75 Å². The Hall–Kier alpha value is -1.29. The van der Waals surface area contributed by atoms with E-state index >= 15 is 0 Å². The van der Waals surface area contributed by atoms with E-state index in [0.717, 1.165) is 27.8 Å². The highest BCUT2D eigenvalue weighted by Crippen LogP contribution is 2.29. The molecule has 1 aromatic carbocycles. The van der Waals surface area contributed by atoms with Crippen molar-refractivity contribution in [1.82, 2.24) is 0 Å². The third-order valence-corrected chi connectivity index (χ3v) is 2.90. The fraction of sp³-hybridized carbons (Fsp3) is 0.357. The smallest absolute Gasteiger partial charge is 0.307 e. The van der Waals surface area contributed by atoms with Crippen LogP contribution in [-0.4, -0.2) is 17.7 Å². The molecule has 1 rings (SSSR count). The molecule has 0 spiro atoms. The first-order valence-corrected chi connectivity index (χ1v) is 6.65. The highest BCUT2D eigenvalue weighted by Gasteiger charge is 2.07. The van der Waals surface area contributed by atoms with Crippen molar-refractivity contribution >= 4 is 27.5 Å². The molecule has 18 heavy (non-hydrogen) atoms. The molecule has 0 radical (unpaired) electrons. The number of carboxylic acids is 1. The average molecular weight is 313 g/mol. The predicted octanol–water partition coefficient (Wildman–Crippen LogP) is 4.12. The number of hydrogen-bond acceptors (Lipinski definition) is 2. The molecular weight excluding hydrogens is 296 g/mol. The van der Waals surface area contributed by atoms with Crippen LogP contribution in [0, 0.1) is 0 Å². The van der Waals surface area contributed by atoms with Crippen LogP contribution in [-0.2, 0) is 4.79 Å². The topological polar surface area (TPSA) is 46.5 Å². The van der Waals surface area contributed by atoms with Crippen LogP contribution in [0.1, 0.15) is 32.3 Å². The lowest BCUT2D eigenvalue weighted by Gasteiger charge is -2.12. The molecule has 1 N–H and O–H groups in total. The molecule has 0 saturated carbocycles. The van der Waals surface area contributed by atoms with E-state index in [-0.39, 0.29) is 6.42 Å². The lowest BCUT2D eigenvalue weighted by Crippen LogP contribution is -1.98. The Morgan fingerprint density at radius 2 is 2.22 bits per heavy atom. The van der Waals surface area contributed by atoms with Crippen molar-refractivity contribution < 1.29 is 14.6 Å². The Morgan fingerprint density at radius 3 is 2.83 bits per heavy atom. The van der Waals surface area contributed by atoms with Crippen molar-refractivity contribution in [2.75, 3.05) is 6.61 Å². The van der Waals surface area contributed by atoms with Crippen molar-refractivity contribution in [2.45, 2.75) is 26.7 Å². The Bertz CT molecular complexity index is 452. The standard InChI is InChI=1S/C14H17BrO3/c1-3-8-18-13-6-5-11(15)9-12(13)10(2)4-7-14(16)17/h4-6,9H,3,7-8H2,1-2H3,(H,16,17)/b10-4+. The molecule has 0 saturated heterocycles. The van der Waals surface area contributed by atoms with Gasteiger partial charge in [-0.1, -0.05) is 28.9 Å². The van der Waals surface area contributed by atoms with Crippen LogP contribution in [0.2, 0.25) is 0 Å². The minimum absolute atomic E-state index is 0.0194. The Morgan fingerprint density at radius 1 is 1.50 bits per heavy atom. The van der Waals surface area contributed by atoms with Gasteiger partial charge in [0.15, 0.2) is 0 Å². The van der Waals surface area contributed by atoms with Gasteiger partial charge in [-0.25, -0.2) is 0 Å². The SMILES string of the molecule is CCCOc1ccc(Br)cc1/C(C)=C/CC(=O)O. The molecule has 0 unspecified atom stereocenters. The average Bonchev–Trinajstić information content (AvgIpc) is 2.34. The van der Waals surface area contributed by atoms with Gasteiger partial charge in [0.05, 0.1) is 13.0 Å². The summed E-state index contributed by atoms with van der Waals surface area (Å²) in [6, 6.07) is 5.75. The van der Waals surface area contributed by atoms with E-state index in [1.54, 1.807) is 6.08 Å². The second-order valence-corrected chi connectivity index (χ2v) is 4.89. The number of halogens is 1. The minimum Gasteiger partial charge on any atom is -0.493 e. The molecule has 0 aliphatic carbocycles. The maximum Gasteiger partial charge on any atom is 0.307 e. The van der Waals surface area contributed by atoms with E-state index in [4.69, 9.17) is 9.84 Å². The van der Waals surface area contributed by atoms with Crippen molar-refractivity contribution in [2.24, 2.45) is 0 Å². The zero-order chi connectivity index (χ0) is 13.5. The zero-order valence-corrected chi connectivity index (χ0v) is 12.2. The van der Waals surface area contributed by atoms with Crippen molar-refractivity contribution in [3.63, 3.8) is 0 Å². The van der Waals surface area contributed by atoms with Crippen LogP contribution in [0.3, 0.4) is 0 Å². The van der Waals surface area contributed by atoms with Crippen molar-refractivity contribution in [1.29, 1.82) is 0 Å². The molecule has 0 heterocycles. The summed E-state index contributed by atoms with van der Waals surface area (Å²) in [4.78, 5) is 10.6.